The number of rotatable bonds is 5. The first-order chi connectivity index (χ1) is 15.9. The molecule has 172 valence electrons. The third-order valence-electron chi connectivity index (χ3n) is 5.51. The minimum Gasteiger partial charge on any atom is -0.496 e. The molecule has 2 amide bonds. The number of pyridine rings is 1. The standard InChI is InChI=1S/C23H21F2N3O4S/c1-32-18-12-19(29)28-10-9-27(23(31)15-5-2-6-16(24)21(15)25)8-7-17(28)20(18)22(30)26-13-14-4-3-11-33-14/h2-6,11-12H,7-10,13H2,1H3,(H,26,30). The quantitative estimate of drug-likeness (QED) is 0.618. The average Bonchev–Trinajstić information content (AvgIpc) is 3.23. The zero-order valence-corrected chi connectivity index (χ0v) is 18.6. The van der Waals surface area contributed by atoms with Crippen LogP contribution in [-0.2, 0) is 19.5 Å². The van der Waals surface area contributed by atoms with Gasteiger partial charge in [0, 0.05) is 42.7 Å². The van der Waals surface area contributed by atoms with E-state index in [2.05, 4.69) is 5.32 Å². The van der Waals surface area contributed by atoms with Crippen LogP contribution in [-0.4, -0.2) is 41.5 Å². The lowest BCUT2D eigenvalue weighted by Gasteiger charge is -2.20. The highest BCUT2D eigenvalue weighted by atomic mass is 32.1. The van der Waals surface area contributed by atoms with E-state index in [1.54, 1.807) is 0 Å². The Bertz CT molecular complexity index is 1260. The van der Waals surface area contributed by atoms with Crippen LogP contribution < -0.4 is 15.6 Å². The van der Waals surface area contributed by atoms with Gasteiger partial charge >= 0.3 is 0 Å². The van der Waals surface area contributed by atoms with Gasteiger partial charge < -0.3 is 19.5 Å². The molecule has 3 aromatic rings. The first-order valence-electron chi connectivity index (χ1n) is 10.2. The SMILES string of the molecule is COc1cc(=O)n2c(c1C(=O)NCc1cccs1)CCN(C(=O)c1cccc(F)c1F)CC2. The summed E-state index contributed by atoms with van der Waals surface area (Å²) in [4.78, 5) is 40.9. The van der Waals surface area contributed by atoms with Crippen LogP contribution in [0.4, 0.5) is 8.78 Å². The van der Waals surface area contributed by atoms with E-state index >= 15 is 0 Å². The van der Waals surface area contributed by atoms with Gasteiger partial charge in [-0.25, -0.2) is 8.78 Å². The summed E-state index contributed by atoms with van der Waals surface area (Å²) < 4.78 is 34.5. The largest absolute Gasteiger partial charge is 0.496 e. The molecule has 1 aliphatic rings. The smallest absolute Gasteiger partial charge is 0.257 e. The Hall–Kier alpha value is -3.53. The summed E-state index contributed by atoms with van der Waals surface area (Å²) in [6, 6.07) is 8.45. The maximum atomic E-state index is 14.2. The molecule has 10 heteroatoms. The molecule has 0 saturated heterocycles. The lowest BCUT2D eigenvalue weighted by molar-refractivity contribution is 0.0753. The zero-order valence-electron chi connectivity index (χ0n) is 17.8. The van der Waals surface area contributed by atoms with Crippen LogP contribution in [0.3, 0.4) is 0 Å². The summed E-state index contributed by atoms with van der Waals surface area (Å²) in [6.45, 7) is 0.643. The molecule has 0 aliphatic carbocycles. The number of nitrogens with zero attached hydrogens (tertiary/aromatic N) is 2. The van der Waals surface area contributed by atoms with Crippen molar-refractivity contribution in [1.82, 2.24) is 14.8 Å². The second-order valence-corrected chi connectivity index (χ2v) is 8.46. The number of fused-ring (bicyclic) bond motifs is 1. The second-order valence-electron chi connectivity index (χ2n) is 7.43. The molecule has 3 heterocycles. The molecule has 0 unspecified atom stereocenters. The van der Waals surface area contributed by atoms with Crippen LogP contribution in [0.15, 0.2) is 46.6 Å². The summed E-state index contributed by atoms with van der Waals surface area (Å²) in [5.41, 5.74) is -0.0966. The van der Waals surface area contributed by atoms with Crippen molar-refractivity contribution in [2.45, 2.75) is 19.5 Å². The monoisotopic (exact) mass is 473 g/mol. The molecular weight excluding hydrogens is 452 g/mol. The number of nitrogens with one attached hydrogen (secondary N) is 1. The molecule has 1 aliphatic heterocycles. The molecule has 7 nitrogen and oxygen atoms in total. The van der Waals surface area contributed by atoms with Gasteiger partial charge in [-0.2, -0.15) is 0 Å². The Balaban J connectivity index is 1.63. The molecule has 0 bridgehead atoms. The molecule has 2 aromatic heterocycles. The molecule has 0 fully saturated rings. The number of aromatic nitrogens is 1. The van der Waals surface area contributed by atoms with Crippen molar-refractivity contribution < 1.29 is 23.1 Å². The third-order valence-corrected chi connectivity index (χ3v) is 6.39. The molecule has 0 saturated carbocycles. The minimum atomic E-state index is -1.21. The number of hydrogen-bond donors (Lipinski definition) is 1. The Kier molecular flexibility index (Phi) is 6.55. The highest BCUT2D eigenvalue weighted by molar-refractivity contribution is 7.09. The lowest BCUT2D eigenvalue weighted by Crippen LogP contribution is -2.35. The van der Waals surface area contributed by atoms with Gasteiger partial charge in [-0.1, -0.05) is 12.1 Å². The fraction of sp³-hybridized carbons (Fsp3) is 0.261. The molecule has 33 heavy (non-hydrogen) atoms. The van der Waals surface area contributed by atoms with Crippen LogP contribution >= 0.6 is 11.3 Å². The number of halogens is 2. The predicted molar refractivity (Wildman–Crippen MR) is 119 cm³/mol. The molecule has 1 aromatic carbocycles. The number of ether oxygens (including phenoxy) is 1. The maximum absolute atomic E-state index is 14.2. The fourth-order valence-electron chi connectivity index (χ4n) is 3.87. The van der Waals surface area contributed by atoms with Crippen molar-refractivity contribution in [2.24, 2.45) is 0 Å². The van der Waals surface area contributed by atoms with Crippen molar-refractivity contribution in [3.8, 4) is 5.75 Å². The van der Waals surface area contributed by atoms with E-state index < -0.39 is 23.4 Å². The normalized spacial score (nSPS) is 13.2. The number of benzene rings is 1. The van der Waals surface area contributed by atoms with Crippen molar-refractivity contribution >= 4 is 23.2 Å². The fourth-order valence-corrected chi connectivity index (χ4v) is 4.51. The van der Waals surface area contributed by atoms with Gasteiger partial charge in [-0.15, -0.1) is 11.3 Å². The van der Waals surface area contributed by atoms with Crippen molar-refractivity contribution in [2.75, 3.05) is 20.2 Å². The molecule has 0 radical (unpaired) electrons. The van der Waals surface area contributed by atoms with Crippen LogP contribution in [0.2, 0.25) is 0 Å². The lowest BCUT2D eigenvalue weighted by atomic mass is 10.1. The van der Waals surface area contributed by atoms with Crippen LogP contribution in [0.25, 0.3) is 0 Å². The number of amides is 2. The average molecular weight is 474 g/mol. The molecule has 4 rings (SSSR count). The Labute approximate surface area is 192 Å². The van der Waals surface area contributed by atoms with Crippen molar-refractivity contribution in [3.05, 3.63) is 85.5 Å². The highest BCUT2D eigenvalue weighted by Crippen LogP contribution is 2.24. The molecule has 0 atom stereocenters. The van der Waals surface area contributed by atoms with E-state index in [1.807, 2.05) is 17.5 Å². The van der Waals surface area contributed by atoms with Gasteiger partial charge in [0.05, 0.1) is 19.2 Å². The van der Waals surface area contributed by atoms with E-state index in [9.17, 15) is 23.2 Å². The summed E-state index contributed by atoms with van der Waals surface area (Å²) >= 11 is 1.51. The van der Waals surface area contributed by atoms with Crippen molar-refractivity contribution in [1.29, 1.82) is 0 Å². The van der Waals surface area contributed by atoms with Crippen molar-refractivity contribution in [3.63, 3.8) is 0 Å². The number of carbonyl (C=O) groups excluding carboxylic acids is 2. The van der Waals surface area contributed by atoms with Gasteiger partial charge in [0.25, 0.3) is 17.4 Å². The van der Waals surface area contributed by atoms with Crippen LogP contribution in [0.1, 0.15) is 31.3 Å². The van der Waals surface area contributed by atoms with Crippen LogP contribution in [0, 0.1) is 11.6 Å². The van der Waals surface area contributed by atoms with Gasteiger partial charge in [-0.05, 0) is 23.6 Å². The van der Waals surface area contributed by atoms with Gasteiger partial charge in [-0.3, -0.25) is 14.4 Å². The number of hydrogen-bond acceptors (Lipinski definition) is 5. The van der Waals surface area contributed by atoms with E-state index in [0.29, 0.717) is 12.2 Å². The summed E-state index contributed by atoms with van der Waals surface area (Å²) in [5.74, 6) is -3.25. The van der Waals surface area contributed by atoms with E-state index in [0.717, 1.165) is 10.9 Å². The van der Waals surface area contributed by atoms with Gasteiger partial charge in [0.15, 0.2) is 11.6 Å². The van der Waals surface area contributed by atoms with E-state index in [4.69, 9.17) is 4.74 Å². The maximum Gasteiger partial charge on any atom is 0.257 e. The molecule has 1 N–H and O–H groups in total. The summed E-state index contributed by atoms with van der Waals surface area (Å²) in [6.07, 6.45) is 0.164. The zero-order chi connectivity index (χ0) is 23.5. The number of methoxy groups -OCH3 is 1. The Morgan fingerprint density at radius 2 is 1.97 bits per heavy atom. The van der Waals surface area contributed by atoms with Crippen LogP contribution in [0.5, 0.6) is 5.75 Å². The predicted octanol–water partition coefficient (Wildman–Crippen LogP) is 2.83. The molecule has 0 spiro atoms. The number of thiophene rings is 1. The third kappa shape index (κ3) is 4.51. The highest BCUT2D eigenvalue weighted by Gasteiger charge is 2.28. The Morgan fingerprint density at radius 1 is 1.15 bits per heavy atom. The summed E-state index contributed by atoms with van der Waals surface area (Å²) in [7, 11) is 1.38. The van der Waals surface area contributed by atoms with E-state index in [-0.39, 0.29) is 48.5 Å². The van der Waals surface area contributed by atoms with Gasteiger partial charge in [0.2, 0.25) is 0 Å². The first-order valence-corrected chi connectivity index (χ1v) is 11.1. The second kappa shape index (κ2) is 9.53. The van der Waals surface area contributed by atoms with E-state index in [1.165, 1.54) is 46.1 Å². The minimum absolute atomic E-state index is 0.101. The van der Waals surface area contributed by atoms with Gasteiger partial charge in [0.1, 0.15) is 11.3 Å². The summed E-state index contributed by atoms with van der Waals surface area (Å²) in [5, 5.41) is 4.75. The number of carbonyl (C=O) groups is 2. The molecular formula is C23H21F2N3O4S. The Morgan fingerprint density at radius 3 is 2.70 bits per heavy atom. The topological polar surface area (TPSA) is 80.6 Å². The first kappa shape index (κ1) is 22.7.